The van der Waals surface area contributed by atoms with Crippen LogP contribution in [-0.2, 0) is 11.0 Å². The number of rotatable bonds is 3. The standard InChI is InChI=1S/C10H13F3N4O2S/c11-10(12,13)8-14-9(20-15-8)17-3-1-2-16(4-5-17)6-7(18)19/h1-6H2,(H,18,19). The molecule has 10 heteroatoms. The average molecular weight is 310 g/mol. The van der Waals surface area contributed by atoms with Gasteiger partial charge in [-0.15, -0.1) is 0 Å². The van der Waals surface area contributed by atoms with Gasteiger partial charge in [0.25, 0.3) is 0 Å². The minimum Gasteiger partial charge on any atom is -0.480 e. The molecule has 0 aliphatic carbocycles. The fraction of sp³-hybridized carbons (Fsp3) is 0.700. The van der Waals surface area contributed by atoms with Gasteiger partial charge in [-0.25, -0.2) is 0 Å². The van der Waals surface area contributed by atoms with E-state index in [0.29, 0.717) is 32.6 Å². The molecule has 1 fully saturated rings. The zero-order chi connectivity index (χ0) is 14.8. The second-order valence-corrected chi connectivity index (χ2v) is 5.14. The number of carboxylic acid groups (broad SMARTS) is 1. The highest BCUT2D eigenvalue weighted by Gasteiger charge is 2.36. The summed E-state index contributed by atoms with van der Waals surface area (Å²) < 4.78 is 40.6. The molecule has 1 aliphatic rings. The van der Waals surface area contributed by atoms with E-state index in [2.05, 4.69) is 9.36 Å². The first-order valence-corrected chi connectivity index (χ1v) is 6.73. The number of nitrogens with zero attached hydrogens (tertiary/aromatic N) is 4. The van der Waals surface area contributed by atoms with Crippen LogP contribution in [0.5, 0.6) is 0 Å². The molecule has 0 atom stereocenters. The van der Waals surface area contributed by atoms with Crippen molar-refractivity contribution in [3.8, 4) is 0 Å². The Morgan fingerprint density at radius 3 is 2.65 bits per heavy atom. The van der Waals surface area contributed by atoms with Crippen LogP contribution in [0.1, 0.15) is 12.2 Å². The van der Waals surface area contributed by atoms with Crippen LogP contribution < -0.4 is 4.90 Å². The van der Waals surface area contributed by atoms with E-state index in [1.165, 1.54) is 0 Å². The fourth-order valence-corrected chi connectivity index (χ4v) is 2.71. The number of halogens is 3. The van der Waals surface area contributed by atoms with Gasteiger partial charge in [0, 0.05) is 37.7 Å². The fourth-order valence-electron chi connectivity index (χ4n) is 1.97. The summed E-state index contributed by atoms with van der Waals surface area (Å²) in [6.07, 6.45) is -3.86. The predicted octanol–water partition coefficient (Wildman–Crippen LogP) is 1.15. The van der Waals surface area contributed by atoms with Crippen LogP contribution in [0.3, 0.4) is 0 Å². The summed E-state index contributed by atoms with van der Waals surface area (Å²) in [5.74, 6) is -2.03. The molecule has 1 aromatic heterocycles. The quantitative estimate of drug-likeness (QED) is 0.903. The molecule has 20 heavy (non-hydrogen) atoms. The van der Waals surface area contributed by atoms with Gasteiger partial charge in [-0.05, 0) is 6.42 Å². The molecule has 6 nitrogen and oxygen atoms in total. The first-order valence-electron chi connectivity index (χ1n) is 5.96. The number of aliphatic carboxylic acids is 1. The second kappa shape index (κ2) is 5.92. The minimum atomic E-state index is -4.53. The number of alkyl halides is 3. The highest BCUT2D eigenvalue weighted by molar-refractivity contribution is 7.09. The maximum atomic E-state index is 12.4. The molecule has 2 heterocycles. The van der Waals surface area contributed by atoms with Crippen molar-refractivity contribution in [1.82, 2.24) is 14.3 Å². The van der Waals surface area contributed by atoms with Gasteiger partial charge in [-0.1, -0.05) is 0 Å². The van der Waals surface area contributed by atoms with Crippen LogP contribution in [0, 0.1) is 0 Å². The molecule has 1 aliphatic heterocycles. The van der Waals surface area contributed by atoms with Crippen LogP contribution in [0.2, 0.25) is 0 Å². The lowest BCUT2D eigenvalue weighted by Crippen LogP contribution is -2.34. The molecule has 1 aromatic rings. The number of anilines is 1. The van der Waals surface area contributed by atoms with Gasteiger partial charge in [0.1, 0.15) is 0 Å². The van der Waals surface area contributed by atoms with E-state index in [-0.39, 0.29) is 11.7 Å². The van der Waals surface area contributed by atoms with Crippen LogP contribution in [0.15, 0.2) is 0 Å². The summed E-state index contributed by atoms with van der Waals surface area (Å²) in [4.78, 5) is 17.6. The van der Waals surface area contributed by atoms with Crippen molar-refractivity contribution in [3.63, 3.8) is 0 Å². The van der Waals surface area contributed by atoms with Gasteiger partial charge in [-0.2, -0.15) is 22.5 Å². The van der Waals surface area contributed by atoms with E-state index in [1.807, 2.05) is 0 Å². The predicted molar refractivity (Wildman–Crippen MR) is 65.8 cm³/mol. The summed E-state index contributed by atoms with van der Waals surface area (Å²) >= 11 is 0.717. The number of aromatic nitrogens is 2. The lowest BCUT2D eigenvalue weighted by molar-refractivity contribution is -0.144. The summed E-state index contributed by atoms with van der Waals surface area (Å²) in [6, 6.07) is 0. The topological polar surface area (TPSA) is 69.6 Å². The highest BCUT2D eigenvalue weighted by Crippen LogP contribution is 2.30. The summed E-state index contributed by atoms with van der Waals surface area (Å²) in [6.45, 7) is 2.01. The maximum absolute atomic E-state index is 12.4. The van der Waals surface area contributed by atoms with E-state index in [4.69, 9.17) is 5.11 Å². The third-order valence-corrected chi connectivity index (χ3v) is 3.66. The van der Waals surface area contributed by atoms with Gasteiger partial charge < -0.3 is 10.0 Å². The normalized spacial score (nSPS) is 18.1. The second-order valence-electron chi connectivity index (χ2n) is 4.41. The average Bonchev–Trinajstić information content (AvgIpc) is 2.72. The van der Waals surface area contributed by atoms with Crippen molar-refractivity contribution < 1.29 is 23.1 Å². The van der Waals surface area contributed by atoms with Crippen molar-refractivity contribution in [2.45, 2.75) is 12.6 Å². The number of carbonyl (C=O) groups is 1. The molecule has 0 saturated carbocycles. The molecule has 112 valence electrons. The van der Waals surface area contributed by atoms with Crippen LogP contribution in [0.4, 0.5) is 18.3 Å². The maximum Gasteiger partial charge on any atom is 0.452 e. The van der Waals surface area contributed by atoms with E-state index in [0.717, 1.165) is 11.5 Å². The van der Waals surface area contributed by atoms with Gasteiger partial charge in [0.2, 0.25) is 11.0 Å². The van der Waals surface area contributed by atoms with Crippen molar-refractivity contribution in [1.29, 1.82) is 0 Å². The summed E-state index contributed by atoms with van der Waals surface area (Å²) in [5.41, 5.74) is 0. The zero-order valence-corrected chi connectivity index (χ0v) is 11.2. The third-order valence-electron chi connectivity index (χ3n) is 2.89. The number of hydrogen-bond donors (Lipinski definition) is 1. The van der Waals surface area contributed by atoms with Gasteiger partial charge in [0.05, 0.1) is 6.54 Å². The molecule has 1 saturated heterocycles. The summed E-state index contributed by atoms with van der Waals surface area (Å²) in [7, 11) is 0. The molecule has 2 rings (SSSR count). The zero-order valence-electron chi connectivity index (χ0n) is 10.4. The Morgan fingerprint density at radius 1 is 1.30 bits per heavy atom. The van der Waals surface area contributed by atoms with Crippen molar-refractivity contribution >= 4 is 22.6 Å². The van der Waals surface area contributed by atoms with E-state index in [1.54, 1.807) is 9.80 Å². The van der Waals surface area contributed by atoms with Crippen molar-refractivity contribution in [2.24, 2.45) is 0 Å². The first kappa shape index (κ1) is 15.0. The van der Waals surface area contributed by atoms with E-state index < -0.39 is 18.0 Å². The van der Waals surface area contributed by atoms with Crippen molar-refractivity contribution in [2.75, 3.05) is 37.6 Å². The monoisotopic (exact) mass is 310 g/mol. The Labute approximate surface area is 117 Å². The molecule has 0 amide bonds. The van der Waals surface area contributed by atoms with Gasteiger partial charge in [0.15, 0.2) is 0 Å². The van der Waals surface area contributed by atoms with Crippen LogP contribution >= 0.6 is 11.5 Å². The molecular weight excluding hydrogens is 297 g/mol. The Bertz CT molecular complexity index is 479. The minimum absolute atomic E-state index is 0.0578. The molecule has 0 spiro atoms. The lowest BCUT2D eigenvalue weighted by Gasteiger charge is -2.19. The Balaban J connectivity index is 2.00. The van der Waals surface area contributed by atoms with E-state index >= 15 is 0 Å². The lowest BCUT2D eigenvalue weighted by atomic mass is 10.4. The van der Waals surface area contributed by atoms with Gasteiger partial charge >= 0.3 is 12.1 Å². The van der Waals surface area contributed by atoms with Crippen LogP contribution in [-0.4, -0.2) is 58.1 Å². The Morgan fingerprint density at radius 2 is 2.05 bits per heavy atom. The molecular formula is C10H13F3N4O2S. The Hall–Kier alpha value is -1.42. The first-order chi connectivity index (χ1) is 9.36. The molecule has 1 N–H and O–H groups in total. The molecule has 0 bridgehead atoms. The van der Waals surface area contributed by atoms with E-state index in [9.17, 15) is 18.0 Å². The SMILES string of the molecule is O=C(O)CN1CCCN(c2nc(C(F)(F)F)ns2)CC1. The van der Waals surface area contributed by atoms with Crippen molar-refractivity contribution in [3.05, 3.63) is 5.82 Å². The highest BCUT2D eigenvalue weighted by atomic mass is 32.1. The number of carboxylic acids is 1. The smallest absolute Gasteiger partial charge is 0.452 e. The molecule has 0 aromatic carbocycles. The summed E-state index contributed by atoms with van der Waals surface area (Å²) in [5, 5.41) is 8.96. The molecule has 0 unspecified atom stereocenters. The largest absolute Gasteiger partial charge is 0.480 e. The number of hydrogen-bond acceptors (Lipinski definition) is 6. The Kier molecular flexibility index (Phi) is 4.43. The molecule has 0 radical (unpaired) electrons. The van der Waals surface area contributed by atoms with Crippen LogP contribution in [0.25, 0.3) is 0 Å². The van der Waals surface area contributed by atoms with Gasteiger partial charge in [-0.3, -0.25) is 9.69 Å². The third kappa shape index (κ3) is 3.79.